The summed E-state index contributed by atoms with van der Waals surface area (Å²) in [6.45, 7) is 5.96. The first-order valence-electron chi connectivity index (χ1n) is 11.0. The minimum atomic E-state index is -0.387. The van der Waals surface area contributed by atoms with Crippen LogP contribution in [0.2, 0.25) is 0 Å². The number of esters is 1. The minimum Gasteiger partial charge on any atom is -0.462 e. The second-order valence-electron chi connectivity index (χ2n) is 7.97. The molecule has 0 spiro atoms. The third kappa shape index (κ3) is 4.77. The van der Waals surface area contributed by atoms with Gasteiger partial charge < -0.3 is 9.30 Å². The van der Waals surface area contributed by atoms with Crippen LogP contribution in [0.15, 0.2) is 59.5 Å². The Balaban J connectivity index is 1.63. The zero-order valence-electron chi connectivity index (χ0n) is 19.6. The summed E-state index contributed by atoms with van der Waals surface area (Å²) < 4.78 is 7.10. The minimum absolute atomic E-state index is 0.0470. The number of nitriles is 1. The average Bonchev–Trinajstić information content (AvgIpc) is 3.28. The standard InChI is InChI=1S/C27H23N3O4S/c1-4-34-26(32)19-10-7-11-23(13-19)30-17(2)12-22(18(30)3)14-24-25(31)29(27(33)35-24)16-21-9-6-5-8-20(21)15-28/h5-14H,4,16H2,1-3H3/b24-14+. The van der Waals surface area contributed by atoms with E-state index in [-0.39, 0.29) is 23.7 Å². The lowest BCUT2D eigenvalue weighted by molar-refractivity contribution is -0.123. The van der Waals surface area contributed by atoms with Gasteiger partial charge in [-0.2, -0.15) is 5.26 Å². The molecule has 7 nitrogen and oxygen atoms in total. The number of thioether (sulfide) groups is 1. The van der Waals surface area contributed by atoms with Crippen molar-refractivity contribution in [1.29, 1.82) is 5.26 Å². The van der Waals surface area contributed by atoms with E-state index in [1.807, 2.05) is 30.5 Å². The van der Waals surface area contributed by atoms with Gasteiger partial charge in [0.1, 0.15) is 0 Å². The Kier molecular flexibility index (Phi) is 6.90. The van der Waals surface area contributed by atoms with Crippen LogP contribution in [0.3, 0.4) is 0 Å². The second kappa shape index (κ2) is 10.0. The van der Waals surface area contributed by atoms with Crippen LogP contribution in [0.1, 0.15) is 45.4 Å². The predicted molar refractivity (Wildman–Crippen MR) is 134 cm³/mol. The van der Waals surface area contributed by atoms with Gasteiger partial charge in [0.2, 0.25) is 0 Å². The van der Waals surface area contributed by atoms with Crippen LogP contribution in [0, 0.1) is 25.2 Å². The van der Waals surface area contributed by atoms with Gasteiger partial charge in [-0.25, -0.2) is 4.79 Å². The highest BCUT2D eigenvalue weighted by atomic mass is 32.2. The van der Waals surface area contributed by atoms with E-state index in [0.717, 1.165) is 39.3 Å². The zero-order valence-corrected chi connectivity index (χ0v) is 20.4. The summed E-state index contributed by atoms with van der Waals surface area (Å²) >= 11 is 0.886. The van der Waals surface area contributed by atoms with Gasteiger partial charge in [0.15, 0.2) is 0 Å². The van der Waals surface area contributed by atoms with E-state index in [1.165, 1.54) is 0 Å². The molecular formula is C27H23N3O4S. The van der Waals surface area contributed by atoms with E-state index in [4.69, 9.17) is 4.74 Å². The molecule has 0 radical (unpaired) electrons. The lowest BCUT2D eigenvalue weighted by Gasteiger charge is -2.13. The van der Waals surface area contributed by atoms with Crippen molar-refractivity contribution in [2.24, 2.45) is 0 Å². The van der Waals surface area contributed by atoms with E-state index >= 15 is 0 Å². The predicted octanol–water partition coefficient (Wildman–Crippen LogP) is 5.38. The molecule has 0 atom stereocenters. The van der Waals surface area contributed by atoms with E-state index in [9.17, 15) is 19.6 Å². The first-order valence-corrected chi connectivity index (χ1v) is 11.9. The van der Waals surface area contributed by atoms with E-state index in [2.05, 4.69) is 6.07 Å². The molecular weight excluding hydrogens is 462 g/mol. The number of nitrogens with zero attached hydrogens (tertiary/aromatic N) is 3. The lowest BCUT2D eigenvalue weighted by Crippen LogP contribution is -2.27. The molecule has 35 heavy (non-hydrogen) atoms. The molecule has 0 saturated carbocycles. The Labute approximate surface area is 207 Å². The van der Waals surface area contributed by atoms with Crippen molar-refractivity contribution >= 4 is 35.0 Å². The maximum atomic E-state index is 13.1. The fourth-order valence-electron chi connectivity index (χ4n) is 4.03. The van der Waals surface area contributed by atoms with Crippen molar-refractivity contribution in [3.8, 4) is 11.8 Å². The molecule has 3 aromatic rings. The monoisotopic (exact) mass is 485 g/mol. The molecule has 2 heterocycles. The molecule has 1 saturated heterocycles. The van der Waals surface area contributed by atoms with Gasteiger partial charge in [-0.3, -0.25) is 14.5 Å². The number of amides is 2. The molecule has 1 aromatic heterocycles. The number of carbonyl (C=O) groups is 3. The molecule has 2 aromatic carbocycles. The molecule has 8 heteroatoms. The number of hydrogen-bond acceptors (Lipinski definition) is 6. The van der Waals surface area contributed by atoms with Gasteiger partial charge >= 0.3 is 5.97 Å². The number of ether oxygens (including phenoxy) is 1. The topological polar surface area (TPSA) is 92.4 Å². The molecule has 1 fully saturated rings. The van der Waals surface area contributed by atoms with Crippen molar-refractivity contribution in [2.75, 3.05) is 6.61 Å². The number of carbonyl (C=O) groups excluding carboxylic acids is 3. The number of rotatable bonds is 6. The van der Waals surface area contributed by atoms with Crippen molar-refractivity contribution in [1.82, 2.24) is 9.47 Å². The van der Waals surface area contributed by atoms with Crippen LogP contribution in [0.5, 0.6) is 0 Å². The molecule has 0 bridgehead atoms. The van der Waals surface area contributed by atoms with Crippen LogP contribution in [-0.4, -0.2) is 33.2 Å². The fourth-order valence-corrected chi connectivity index (χ4v) is 4.86. The van der Waals surface area contributed by atoms with Crippen molar-refractivity contribution in [3.63, 3.8) is 0 Å². The highest BCUT2D eigenvalue weighted by molar-refractivity contribution is 8.18. The molecule has 1 aliphatic rings. The van der Waals surface area contributed by atoms with Gasteiger partial charge in [0.05, 0.1) is 35.3 Å². The van der Waals surface area contributed by atoms with Crippen LogP contribution in [0.4, 0.5) is 4.79 Å². The van der Waals surface area contributed by atoms with Crippen molar-refractivity contribution < 1.29 is 19.1 Å². The van der Waals surface area contributed by atoms with Gasteiger partial charge in [-0.1, -0.05) is 24.3 Å². The maximum absolute atomic E-state index is 13.1. The van der Waals surface area contributed by atoms with Crippen LogP contribution in [0.25, 0.3) is 11.8 Å². The quantitative estimate of drug-likeness (QED) is 0.344. The number of aromatic nitrogens is 1. The highest BCUT2D eigenvalue weighted by Gasteiger charge is 2.35. The third-order valence-corrected chi connectivity index (χ3v) is 6.62. The molecule has 0 aliphatic carbocycles. The van der Waals surface area contributed by atoms with E-state index in [0.29, 0.717) is 28.2 Å². The Bertz CT molecular complexity index is 1410. The van der Waals surface area contributed by atoms with Crippen LogP contribution < -0.4 is 0 Å². The Morgan fingerprint density at radius 3 is 2.63 bits per heavy atom. The van der Waals surface area contributed by atoms with Crippen LogP contribution >= 0.6 is 11.8 Å². The third-order valence-electron chi connectivity index (χ3n) is 5.71. The SMILES string of the molecule is CCOC(=O)c1cccc(-n2c(C)cc(/C=C3/SC(=O)N(Cc4ccccc4C#N)C3=O)c2C)c1. The van der Waals surface area contributed by atoms with Gasteiger partial charge in [-0.05, 0) is 80.1 Å². The average molecular weight is 486 g/mol. The molecule has 1 aliphatic heterocycles. The van der Waals surface area contributed by atoms with E-state index in [1.54, 1.807) is 55.5 Å². The fraction of sp³-hybridized carbons (Fsp3) is 0.185. The summed E-state index contributed by atoms with van der Waals surface area (Å²) in [5.74, 6) is -0.773. The molecule has 2 amide bonds. The number of hydrogen-bond donors (Lipinski definition) is 0. The molecule has 176 valence electrons. The Morgan fingerprint density at radius 1 is 1.11 bits per heavy atom. The zero-order chi connectivity index (χ0) is 25.1. The Hall–Kier alpha value is -4.09. The highest BCUT2D eigenvalue weighted by Crippen LogP contribution is 2.35. The Morgan fingerprint density at radius 2 is 1.89 bits per heavy atom. The first kappa shape index (κ1) is 24.0. The molecule has 0 unspecified atom stereocenters. The summed E-state index contributed by atoms with van der Waals surface area (Å²) in [4.78, 5) is 39.3. The number of benzene rings is 2. The number of imide groups is 1. The summed E-state index contributed by atoms with van der Waals surface area (Å²) in [6, 6.07) is 18.1. The second-order valence-corrected chi connectivity index (χ2v) is 8.96. The summed E-state index contributed by atoms with van der Waals surface area (Å²) in [5.41, 5.74) is 4.89. The van der Waals surface area contributed by atoms with Crippen LogP contribution in [-0.2, 0) is 16.1 Å². The smallest absolute Gasteiger partial charge is 0.338 e. The van der Waals surface area contributed by atoms with Gasteiger partial charge in [0, 0.05) is 17.1 Å². The summed E-state index contributed by atoms with van der Waals surface area (Å²) in [7, 11) is 0. The van der Waals surface area contributed by atoms with Gasteiger partial charge in [-0.15, -0.1) is 0 Å². The number of aryl methyl sites for hydroxylation is 1. The lowest BCUT2D eigenvalue weighted by atomic mass is 10.1. The molecule has 4 rings (SSSR count). The van der Waals surface area contributed by atoms with Gasteiger partial charge in [0.25, 0.3) is 11.1 Å². The maximum Gasteiger partial charge on any atom is 0.338 e. The molecule has 0 N–H and O–H groups in total. The van der Waals surface area contributed by atoms with E-state index < -0.39 is 0 Å². The summed E-state index contributed by atoms with van der Waals surface area (Å²) in [6.07, 6.45) is 1.72. The summed E-state index contributed by atoms with van der Waals surface area (Å²) in [5, 5.41) is 8.94. The van der Waals surface area contributed by atoms with Crippen molar-refractivity contribution in [2.45, 2.75) is 27.3 Å². The van der Waals surface area contributed by atoms with Crippen molar-refractivity contribution in [3.05, 3.63) is 93.1 Å². The normalized spacial score (nSPS) is 14.5. The largest absolute Gasteiger partial charge is 0.462 e. The first-order chi connectivity index (χ1) is 16.8.